The molecule has 5 heterocycles. The fraction of sp³-hybridized carbons (Fsp3) is 0.679. The van der Waals surface area contributed by atoms with Crippen LogP contribution in [0.5, 0.6) is 28.7 Å². The van der Waals surface area contributed by atoms with E-state index < -0.39 is 70.4 Å². The van der Waals surface area contributed by atoms with Gasteiger partial charge in [-0.3, -0.25) is 4.18 Å². The van der Waals surface area contributed by atoms with Crippen molar-refractivity contribution in [3.8, 4) is 39.9 Å². The van der Waals surface area contributed by atoms with E-state index in [1.165, 1.54) is 6.42 Å². The van der Waals surface area contributed by atoms with Crippen molar-refractivity contribution < 1.29 is 105 Å². The number of alkyl halides is 1. The Morgan fingerprint density at radius 1 is 0.650 bits per heavy atom. The number of cyclic esters (lactones) is 1. The number of aliphatic hydroxyl groups is 4. The van der Waals surface area contributed by atoms with Crippen LogP contribution in [-0.4, -0.2) is 168 Å². The van der Waals surface area contributed by atoms with Gasteiger partial charge in [-0.05, 0) is 122 Å². The highest BCUT2D eigenvalue weighted by molar-refractivity contribution is 9.09. The van der Waals surface area contributed by atoms with Crippen LogP contribution in [0.4, 0.5) is 0 Å². The van der Waals surface area contributed by atoms with E-state index in [-0.39, 0.29) is 55.8 Å². The van der Waals surface area contributed by atoms with Crippen molar-refractivity contribution in [2.24, 2.45) is 0 Å². The largest absolute Gasteiger partial charge is 0.493 e. The summed E-state index contributed by atoms with van der Waals surface area (Å²) < 4.78 is 97.1. The smallest absolute Gasteiger partial charge is 0.339 e. The molecule has 7 fully saturated rings. The third-order valence-corrected chi connectivity index (χ3v) is 17.0. The number of rotatable bonds is 8. The highest BCUT2D eigenvalue weighted by atomic mass is 79.9. The molecule has 0 amide bonds. The molecule has 3 aromatic carbocycles. The first-order valence-corrected chi connectivity index (χ1v) is 29.8. The number of aliphatic carboxylic acids is 1. The van der Waals surface area contributed by atoms with Gasteiger partial charge >= 0.3 is 11.9 Å². The molecule has 3 aromatic rings. The molecule has 9 aliphatic rings. The number of ether oxygens (including phenoxy) is 12. The molecule has 0 spiro atoms. The van der Waals surface area contributed by atoms with Crippen molar-refractivity contribution in [2.75, 3.05) is 27.3 Å². The Balaban J connectivity index is 0.000000154. The number of benzene rings is 3. The Morgan fingerprint density at radius 3 is 1.70 bits per heavy atom. The molecule has 0 aromatic heterocycles. The van der Waals surface area contributed by atoms with Gasteiger partial charge in [0.2, 0.25) is 6.79 Å². The van der Waals surface area contributed by atoms with Crippen molar-refractivity contribution >= 4 is 48.8 Å². The van der Waals surface area contributed by atoms with Gasteiger partial charge in [-0.25, -0.2) is 9.59 Å². The summed E-state index contributed by atoms with van der Waals surface area (Å²) in [6.45, 7) is 11.9. The highest BCUT2D eigenvalue weighted by Gasteiger charge is 2.50. The fourth-order valence-electron chi connectivity index (χ4n) is 12.2. The van der Waals surface area contributed by atoms with Gasteiger partial charge in [-0.1, -0.05) is 22.0 Å². The molecule has 4 aliphatic carbocycles. The van der Waals surface area contributed by atoms with Crippen molar-refractivity contribution in [1.29, 1.82) is 0 Å². The van der Waals surface area contributed by atoms with Crippen LogP contribution in [0, 0.1) is 0 Å². The standard InChI is InChI=1S/C30H30O9.C10H18O5S.C9H15BrO2.C7H12O6/c1-30(2)38-21-8-6-16(10-25(21)39-30)37-28-18-12-23(33-4)22(32-3)11-17(18)26(27-19(28)13-34-29(27)31)15-5-7-20-24(9-15)36-14-35-20;1-10(2)13-8-5-4-7(6-9(8)14-10)15-16(3,11)12;1-9(2)11-7-4-3-6(10)5-8(7)12-9;8-3-1-7(13,6(11)12)2-4(9)5(3)10/h5,7,9,11-12,16,21,25H,6,8,10,13-14H2,1-4H3;7-9H,4-6H2,1-3H3;6-8H,3-5H2,1-2H3;3-5,8-10,13H,1-2H2,(H,11,12)/t;;;3-,4-,5?,7?/m...1/s1. The SMILES string of the molecule is CC1(C)OC2CCC(Br)CC2O1.CC1(C)OC2CCC(OS(C)(=O)=O)CC2O1.COc1cc2c(OC3CCC4OC(C)(C)OC4C3)c3c(c(-c4ccc5c(c4)OCO5)c2cc1OC)C(=O)OC3.O=C(O)C1(O)C[C@@H](O)C(O)[C@H](O)C1. The van der Waals surface area contributed by atoms with Gasteiger partial charge < -0.3 is 82.4 Å². The van der Waals surface area contributed by atoms with E-state index in [1.807, 2.05) is 71.9 Å². The number of aliphatic hydroxyl groups excluding tert-OH is 3. The zero-order valence-electron chi connectivity index (χ0n) is 46.5. The monoisotopic (exact) mass is 1210 g/mol. The molecule has 22 nitrogen and oxygen atoms in total. The molecule has 444 valence electrons. The molecule has 9 unspecified atom stereocenters. The number of methoxy groups -OCH3 is 2. The van der Waals surface area contributed by atoms with E-state index in [4.69, 9.17) is 81.5 Å². The number of carboxylic acid groups (broad SMARTS) is 1. The summed E-state index contributed by atoms with van der Waals surface area (Å²) in [6, 6.07) is 9.46. The summed E-state index contributed by atoms with van der Waals surface area (Å²) in [5, 5.41) is 46.8. The van der Waals surface area contributed by atoms with Crippen LogP contribution in [0.25, 0.3) is 21.9 Å². The number of carbonyl (C=O) groups excluding carboxylic acids is 1. The van der Waals surface area contributed by atoms with Gasteiger partial charge in [0.1, 0.15) is 24.6 Å². The molecule has 5 aliphatic heterocycles. The molecule has 3 saturated heterocycles. The Labute approximate surface area is 473 Å². The molecule has 24 heteroatoms. The molecule has 4 saturated carbocycles. The van der Waals surface area contributed by atoms with Crippen LogP contribution < -0.4 is 23.7 Å². The van der Waals surface area contributed by atoms with E-state index in [0.717, 1.165) is 65.8 Å². The molecule has 5 N–H and O–H groups in total. The number of hydrogen-bond acceptors (Lipinski definition) is 21. The topological polar surface area (TPSA) is 289 Å². The Bertz CT molecular complexity index is 2860. The minimum Gasteiger partial charge on any atom is -0.493 e. The highest BCUT2D eigenvalue weighted by Crippen LogP contribution is 2.51. The quantitative estimate of drug-likeness (QED) is 0.0908. The Hall–Kier alpha value is -4.15. The van der Waals surface area contributed by atoms with Crippen molar-refractivity contribution in [1.82, 2.24) is 0 Å². The summed E-state index contributed by atoms with van der Waals surface area (Å²) in [5.74, 6) is -0.389. The van der Waals surface area contributed by atoms with E-state index in [0.29, 0.717) is 70.6 Å². The van der Waals surface area contributed by atoms with Gasteiger partial charge in [-0.2, -0.15) is 8.42 Å². The number of esters is 1. The van der Waals surface area contributed by atoms with E-state index >= 15 is 0 Å². The van der Waals surface area contributed by atoms with Gasteiger partial charge in [0.25, 0.3) is 10.1 Å². The second-order valence-electron chi connectivity index (χ2n) is 23.2. The van der Waals surface area contributed by atoms with Crippen LogP contribution in [0.3, 0.4) is 0 Å². The van der Waals surface area contributed by atoms with E-state index in [1.54, 1.807) is 14.2 Å². The maximum atomic E-state index is 13.3. The summed E-state index contributed by atoms with van der Waals surface area (Å²) in [5.41, 5.74) is 0.597. The van der Waals surface area contributed by atoms with Crippen molar-refractivity contribution in [2.45, 2.75) is 214 Å². The Kier molecular flexibility index (Phi) is 17.7. The average Bonchev–Trinajstić information content (AvgIpc) is 4.35. The number of halogens is 1. The summed E-state index contributed by atoms with van der Waals surface area (Å²) >= 11 is 3.63. The number of carbonyl (C=O) groups is 2. The maximum absolute atomic E-state index is 13.3. The first-order valence-electron chi connectivity index (χ1n) is 27.1. The molecule has 0 radical (unpaired) electrons. The second-order valence-corrected chi connectivity index (χ2v) is 26.1. The molecular formula is C56H75BrO22S. The van der Waals surface area contributed by atoms with Crippen LogP contribution >= 0.6 is 15.9 Å². The summed E-state index contributed by atoms with van der Waals surface area (Å²) in [6.07, 6.45) is 4.08. The lowest BCUT2D eigenvalue weighted by Crippen LogP contribution is -2.56. The first kappa shape index (κ1) is 60.4. The number of hydrogen-bond donors (Lipinski definition) is 5. The van der Waals surface area contributed by atoms with Crippen LogP contribution in [0.1, 0.15) is 128 Å². The summed E-state index contributed by atoms with van der Waals surface area (Å²) in [7, 11) is -0.187. The van der Waals surface area contributed by atoms with Gasteiger partial charge in [0.05, 0.1) is 81.0 Å². The van der Waals surface area contributed by atoms with Gasteiger partial charge in [-0.15, -0.1) is 0 Å². The molecule has 12 rings (SSSR count). The predicted octanol–water partition coefficient (Wildman–Crippen LogP) is 6.54. The zero-order valence-corrected chi connectivity index (χ0v) is 48.9. The lowest BCUT2D eigenvalue weighted by atomic mass is 9.80. The van der Waals surface area contributed by atoms with Crippen LogP contribution in [-0.2, 0) is 58.9 Å². The number of fused-ring (bicyclic) bond motifs is 6. The van der Waals surface area contributed by atoms with Crippen molar-refractivity contribution in [3.63, 3.8) is 0 Å². The van der Waals surface area contributed by atoms with Gasteiger partial charge in [0.15, 0.2) is 46.0 Å². The molecular weight excluding hydrogens is 1140 g/mol. The first-order chi connectivity index (χ1) is 37.5. The molecule has 80 heavy (non-hydrogen) atoms. The predicted molar refractivity (Wildman–Crippen MR) is 287 cm³/mol. The molecule has 0 bridgehead atoms. The van der Waals surface area contributed by atoms with E-state index in [9.17, 15) is 23.1 Å². The third kappa shape index (κ3) is 13.6. The number of carboxylic acids is 1. The van der Waals surface area contributed by atoms with E-state index in [2.05, 4.69) is 15.9 Å². The average molecular weight is 1210 g/mol. The van der Waals surface area contributed by atoms with Gasteiger partial charge in [0, 0.05) is 47.0 Å². The minimum atomic E-state index is -3.38. The second kappa shape index (κ2) is 23.5. The summed E-state index contributed by atoms with van der Waals surface area (Å²) in [4.78, 5) is 24.4. The van der Waals surface area contributed by atoms with Crippen LogP contribution in [0.2, 0.25) is 0 Å². The Morgan fingerprint density at radius 2 is 1.15 bits per heavy atom. The fourth-order valence-corrected chi connectivity index (χ4v) is 13.5. The van der Waals surface area contributed by atoms with Crippen LogP contribution in [0.15, 0.2) is 30.3 Å². The lowest BCUT2D eigenvalue weighted by molar-refractivity contribution is -0.187. The lowest BCUT2D eigenvalue weighted by Gasteiger charge is -2.37. The minimum absolute atomic E-state index is 0.0431. The molecule has 11 atom stereocenters. The van der Waals surface area contributed by atoms with Crippen molar-refractivity contribution in [3.05, 3.63) is 41.5 Å². The normalized spacial score (nSPS) is 33.9. The third-order valence-electron chi connectivity index (χ3n) is 15.6. The zero-order chi connectivity index (χ0) is 57.9. The maximum Gasteiger partial charge on any atom is 0.339 e.